The van der Waals surface area contributed by atoms with Crippen molar-refractivity contribution in [3.63, 3.8) is 0 Å². The van der Waals surface area contributed by atoms with Crippen molar-refractivity contribution < 1.29 is 33.6 Å². The maximum atomic E-state index is 13.0. The Kier molecular flexibility index (Phi) is 7.84. The molecule has 2 aliphatic heterocycles. The Balaban J connectivity index is 1.36. The molecule has 0 amide bonds. The number of benzene rings is 4. The average molecular weight is 567 g/mol. The van der Waals surface area contributed by atoms with Crippen LogP contribution in [0.3, 0.4) is 0 Å². The third-order valence-corrected chi connectivity index (χ3v) is 8.31. The monoisotopic (exact) mass is 566 g/mol. The first-order valence-corrected chi connectivity index (χ1v) is 14.0. The van der Waals surface area contributed by atoms with Crippen LogP contribution in [0.1, 0.15) is 33.5 Å². The van der Waals surface area contributed by atoms with Crippen molar-refractivity contribution in [1.29, 1.82) is 0 Å². The van der Waals surface area contributed by atoms with E-state index < -0.39 is 29.5 Å². The summed E-state index contributed by atoms with van der Waals surface area (Å²) < 4.78 is 30.4. The van der Waals surface area contributed by atoms with E-state index in [1.54, 1.807) is 26.4 Å². The molecule has 2 saturated heterocycles. The van der Waals surface area contributed by atoms with E-state index in [2.05, 4.69) is 0 Å². The number of ether oxygens (including phenoxy) is 5. The second kappa shape index (κ2) is 11.7. The van der Waals surface area contributed by atoms with Crippen molar-refractivity contribution in [3.8, 4) is 11.5 Å². The maximum absolute atomic E-state index is 13.0. The van der Waals surface area contributed by atoms with Crippen LogP contribution in [0.5, 0.6) is 11.5 Å². The number of hydrogen-bond donors (Lipinski definition) is 1. The van der Waals surface area contributed by atoms with Gasteiger partial charge in [-0.3, -0.25) is 4.79 Å². The molecule has 216 valence electrons. The molecule has 2 bridgehead atoms. The zero-order chi connectivity index (χ0) is 29.2. The van der Waals surface area contributed by atoms with Gasteiger partial charge in [0.05, 0.1) is 33.5 Å². The van der Waals surface area contributed by atoms with Crippen molar-refractivity contribution >= 4 is 5.78 Å². The van der Waals surface area contributed by atoms with Gasteiger partial charge in [-0.25, -0.2) is 0 Å². The van der Waals surface area contributed by atoms with Crippen molar-refractivity contribution in [1.82, 2.24) is 0 Å². The Bertz CT molecular complexity index is 1440. The molecule has 4 atom stereocenters. The molecule has 4 aromatic carbocycles. The first-order valence-electron chi connectivity index (χ1n) is 14.0. The molecular formula is C35H34O7. The molecule has 4 aromatic rings. The average Bonchev–Trinajstić information content (AvgIpc) is 3.50. The number of carbonyl (C=O) groups is 1. The minimum absolute atomic E-state index is 0.0215. The van der Waals surface area contributed by atoms with Gasteiger partial charge in [0.1, 0.15) is 34.9 Å². The van der Waals surface area contributed by atoms with Crippen LogP contribution < -0.4 is 9.47 Å². The standard InChI is InChI=1S/C35H34O7/c1-38-28-17-13-26(14-18-28)35(25-11-7-4-8-12-25,27-15-19-29(39-2)20-16-27)41-23-34-22-40-32(33(34)37)31(42-34)21-30(36)24-9-5-3-6-10-24/h3-20,31-33,37H,21-23H2,1-2H3/t31-,32?,33+,34+/m0/s1. The molecule has 0 aliphatic carbocycles. The fourth-order valence-corrected chi connectivity index (χ4v) is 6.04. The predicted octanol–water partition coefficient (Wildman–Crippen LogP) is 5.18. The summed E-state index contributed by atoms with van der Waals surface area (Å²) in [6.45, 7) is 0.179. The van der Waals surface area contributed by atoms with E-state index in [1.165, 1.54) is 0 Å². The van der Waals surface area contributed by atoms with Crippen LogP contribution in [-0.4, -0.2) is 62.2 Å². The zero-order valence-electron chi connectivity index (χ0n) is 23.6. The fraction of sp³-hybridized carbons (Fsp3) is 0.286. The summed E-state index contributed by atoms with van der Waals surface area (Å²) in [5.74, 6) is 1.39. The second-order valence-corrected chi connectivity index (χ2v) is 10.7. The Hall–Kier alpha value is -4.01. The van der Waals surface area contributed by atoms with Gasteiger partial charge in [0.25, 0.3) is 0 Å². The van der Waals surface area contributed by atoms with E-state index in [1.807, 2.05) is 97.1 Å². The lowest BCUT2D eigenvalue weighted by Crippen LogP contribution is -2.48. The van der Waals surface area contributed by atoms with Gasteiger partial charge in [-0.15, -0.1) is 0 Å². The normalized spacial score (nSPS) is 23.1. The maximum Gasteiger partial charge on any atom is 0.165 e. The molecule has 2 aliphatic rings. The van der Waals surface area contributed by atoms with Crippen LogP contribution in [-0.2, 0) is 19.8 Å². The summed E-state index contributed by atoms with van der Waals surface area (Å²) >= 11 is 0. The summed E-state index contributed by atoms with van der Waals surface area (Å²) in [4.78, 5) is 13.0. The van der Waals surface area contributed by atoms with Gasteiger partial charge < -0.3 is 28.8 Å². The smallest absolute Gasteiger partial charge is 0.165 e. The number of Topliss-reactive ketones (excluding diaryl/α,β-unsaturated/α-hetero) is 1. The summed E-state index contributed by atoms with van der Waals surface area (Å²) in [6, 6.07) is 34.6. The molecule has 7 heteroatoms. The van der Waals surface area contributed by atoms with Gasteiger partial charge >= 0.3 is 0 Å². The fourth-order valence-electron chi connectivity index (χ4n) is 6.04. The number of aliphatic hydroxyl groups excluding tert-OH is 1. The lowest BCUT2D eigenvalue weighted by molar-refractivity contribution is -0.181. The van der Waals surface area contributed by atoms with Crippen LogP contribution in [0.25, 0.3) is 0 Å². The third-order valence-electron chi connectivity index (χ3n) is 8.31. The largest absolute Gasteiger partial charge is 0.497 e. The Morgan fingerprint density at radius 3 is 1.88 bits per heavy atom. The van der Waals surface area contributed by atoms with Crippen LogP contribution in [0.15, 0.2) is 109 Å². The Morgan fingerprint density at radius 2 is 1.33 bits per heavy atom. The highest BCUT2D eigenvalue weighted by Crippen LogP contribution is 2.46. The van der Waals surface area contributed by atoms with Crippen molar-refractivity contribution in [2.75, 3.05) is 27.4 Å². The molecule has 0 saturated carbocycles. The van der Waals surface area contributed by atoms with E-state index in [-0.39, 0.29) is 25.4 Å². The zero-order valence-corrected chi connectivity index (χ0v) is 23.6. The Labute approximate surface area is 245 Å². The Morgan fingerprint density at radius 1 is 0.810 bits per heavy atom. The van der Waals surface area contributed by atoms with E-state index in [0.717, 1.165) is 28.2 Å². The lowest BCUT2D eigenvalue weighted by atomic mass is 9.79. The third kappa shape index (κ3) is 4.99. The number of fused-ring (bicyclic) bond motifs is 2. The van der Waals surface area contributed by atoms with Crippen molar-refractivity contribution in [2.45, 2.75) is 35.9 Å². The van der Waals surface area contributed by atoms with Crippen molar-refractivity contribution in [2.24, 2.45) is 0 Å². The van der Waals surface area contributed by atoms with E-state index in [0.29, 0.717) is 5.56 Å². The summed E-state index contributed by atoms with van der Waals surface area (Å²) in [6.07, 6.45) is -2.05. The van der Waals surface area contributed by atoms with Gasteiger partial charge in [0.2, 0.25) is 0 Å². The number of rotatable bonds is 11. The quantitative estimate of drug-likeness (QED) is 0.198. The highest BCUT2D eigenvalue weighted by molar-refractivity contribution is 5.96. The molecule has 0 aromatic heterocycles. The van der Waals surface area contributed by atoms with Gasteiger partial charge in [-0.1, -0.05) is 84.9 Å². The number of carbonyl (C=O) groups excluding carboxylic acids is 1. The van der Waals surface area contributed by atoms with E-state index in [9.17, 15) is 9.90 Å². The molecule has 7 nitrogen and oxygen atoms in total. The molecule has 0 spiro atoms. The van der Waals surface area contributed by atoms with Gasteiger partial charge in [0, 0.05) is 12.0 Å². The minimum Gasteiger partial charge on any atom is -0.497 e. The first-order chi connectivity index (χ1) is 20.5. The number of ketones is 1. The van der Waals surface area contributed by atoms with E-state index >= 15 is 0 Å². The van der Waals surface area contributed by atoms with Crippen LogP contribution in [0, 0.1) is 0 Å². The molecule has 0 radical (unpaired) electrons. The summed E-state index contributed by atoms with van der Waals surface area (Å²) in [5, 5.41) is 11.4. The van der Waals surface area contributed by atoms with Gasteiger partial charge in [0.15, 0.2) is 5.78 Å². The van der Waals surface area contributed by atoms with Crippen LogP contribution in [0.2, 0.25) is 0 Å². The number of methoxy groups -OCH3 is 2. The molecule has 2 fully saturated rings. The lowest BCUT2D eigenvalue weighted by Gasteiger charge is -2.39. The van der Waals surface area contributed by atoms with Crippen molar-refractivity contribution in [3.05, 3.63) is 131 Å². The summed E-state index contributed by atoms with van der Waals surface area (Å²) in [7, 11) is 3.26. The highest BCUT2D eigenvalue weighted by Gasteiger charge is 2.62. The molecule has 1 N–H and O–H groups in total. The predicted molar refractivity (Wildman–Crippen MR) is 157 cm³/mol. The minimum atomic E-state index is -1.13. The van der Waals surface area contributed by atoms with Gasteiger partial charge in [-0.2, -0.15) is 0 Å². The topological polar surface area (TPSA) is 83.5 Å². The van der Waals surface area contributed by atoms with Crippen LogP contribution >= 0.6 is 0 Å². The number of aliphatic hydroxyl groups is 1. The number of hydrogen-bond acceptors (Lipinski definition) is 7. The second-order valence-electron chi connectivity index (χ2n) is 10.7. The SMILES string of the molecule is COc1ccc(C(OC[C@@]23COC([C@H](CC(=O)c4ccccc4)O2)[C@H]3O)(c2ccccc2)c2ccc(OC)cc2)cc1. The van der Waals surface area contributed by atoms with E-state index in [4.69, 9.17) is 23.7 Å². The molecule has 6 rings (SSSR count). The first kappa shape index (κ1) is 28.1. The summed E-state index contributed by atoms with van der Waals surface area (Å²) in [5.41, 5.74) is 1.03. The molecule has 42 heavy (non-hydrogen) atoms. The molecular weight excluding hydrogens is 532 g/mol. The molecule has 2 heterocycles. The molecule has 1 unspecified atom stereocenters. The van der Waals surface area contributed by atoms with Crippen LogP contribution in [0.4, 0.5) is 0 Å². The van der Waals surface area contributed by atoms with Gasteiger partial charge in [-0.05, 0) is 41.0 Å². The highest BCUT2D eigenvalue weighted by atomic mass is 16.7.